The van der Waals surface area contributed by atoms with Crippen LogP contribution in [0.15, 0.2) is 66.7 Å². The van der Waals surface area contributed by atoms with Gasteiger partial charge in [-0.3, -0.25) is 19.3 Å². The SMILES string of the molecule is O=C(NCc1nc2ccccc2[nH]1)C1CCCN(c2cccc3c2C(=O)N(Cc2cccc(F)c2)C3=O)C1. The molecule has 0 spiro atoms. The molecule has 0 saturated carbocycles. The summed E-state index contributed by atoms with van der Waals surface area (Å²) >= 11 is 0. The maximum absolute atomic E-state index is 13.7. The van der Waals surface area contributed by atoms with Gasteiger partial charge in [0.25, 0.3) is 11.8 Å². The van der Waals surface area contributed by atoms with Crippen LogP contribution in [0, 0.1) is 11.7 Å². The topological polar surface area (TPSA) is 98.4 Å². The van der Waals surface area contributed by atoms with Gasteiger partial charge in [0.2, 0.25) is 5.91 Å². The summed E-state index contributed by atoms with van der Waals surface area (Å²) in [6.07, 6.45) is 1.51. The lowest BCUT2D eigenvalue weighted by atomic mass is 9.95. The number of nitrogens with zero attached hydrogens (tertiary/aromatic N) is 3. The highest BCUT2D eigenvalue weighted by Crippen LogP contribution is 2.34. The van der Waals surface area contributed by atoms with Crippen LogP contribution in [-0.4, -0.2) is 45.7 Å². The molecule has 1 atom stereocenters. The number of carbonyl (C=O) groups is 3. The van der Waals surface area contributed by atoms with Crippen molar-refractivity contribution in [2.45, 2.75) is 25.9 Å². The lowest BCUT2D eigenvalue weighted by molar-refractivity contribution is -0.125. The van der Waals surface area contributed by atoms with Gasteiger partial charge >= 0.3 is 0 Å². The number of amides is 3. The van der Waals surface area contributed by atoms with E-state index >= 15 is 0 Å². The molecule has 2 aliphatic rings. The van der Waals surface area contributed by atoms with Crippen LogP contribution in [0.2, 0.25) is 0 Å². The van der Waals surface area contributed by atoms with Crippen molar-refractivity contribution in [2.75, 3.05) is 18.0 Å². The minimum absolute atomic E-state index is 0.00360. The molecule has 1 saturated heterocycles. The summed E-state index contributed by atoms with van der Waals surface area (Å²) in [7, 11) is 0. The predicted octanol–water partition coefficient (Wildman–Crippen LogP) is 4.03. The van der Waals surface area contributed by atoms with E-state index in [0.717, 1.165) is 28.8 Å². The molecular weight excluding hydrogens is 485 g/mol. The number of fused-ring (bicyclic) bond motifs is 2. The monoisotopic (exact) mass is 511 g/mol. The minimum Gasteiger partial charge on any atom is -0.370 e. The lowest BCUT2D eigenvalue weighted by Gasteiger charge is -2.34. The minimum atomic E-state index is -0.419. The quantitative estimate of drug-likeness (QED) is 0.381. The van der Waals surface area contributed by atoms with Gasteiger partial charge in [0, 0.05) is 13.1 Å². The molecule has 3 amide bonds. The second kappa shape index (κ2) is 9.74. The number of para-hydroxylation sites is 2. The number of benzene rings is 3. The van der Waals surface area contributed by atoms with E-state index in [1.807, 2.05) is 35.2 Å². The lowest BCUT2D eigenvalue weighted by Crippen LogP contribution is -2.43. The summed E-state index contributed by atoms with van der Waals surface area (Å²) in [4.78, 5) is 50.5. The summed E-state index contributed by atoms with van der Waals surface area (Å²) in [5.41, 5.74) is 3.64. The van der Waals surface area contributed by atoms with E-state index in [1.54, 1.807) is 24.3 Å². The van der Waals surface area contributed by atoms with Crippen LogP contribution in [0.25, 0.3) is 11.0 Å². The molecule has 38 heavy (non-hydrogen) atoms. The van der Waals surface area contributed by atoms with Crippen LogP contribution in [0.1, 0.15) is 44.9 Å². The third-order valence-corrected chi connectivity index (χ3v) is 7.21. The molecule has 0 radical (unpaired) electrons. The van der Waals surface area contributed by atoms with Gasteiger partial charge in [-0.2, -0.15) is 0 Å². The summed E-state index contributed by atoms with van der Waals surface area (Å²) in [6.45, 7) is 1.41. The predicted molar refractivity (Wildman–Crippen MR) is 140 cm³/mol. The number of anilines is 1. The smallest absolute Gasteiger partial charge is 0.263 e. The standard InChI is InChI=1S/C29H26FN5O3/c30-20-8-3-6-18(14-20)16-35-28(37)21-9-4-12-24(26(21)29(35)38)34-13-5-7-19(17-34)27(36)31-15-25-32-22-10-1-2-11-23(22)33-25/h1-4,6,8-12,14,19H,5,7,13,15-17H2,(H,31,36)(H,32,33). The normalized spacial score (nSPS) is 17.2. The Labute approximate surface area is 218 Å². The Kier molecular flexibility index (Phi) is 6.11. The number of halogens is 1. The molecule has 2 N–H and O–H groups in total. The van der Waals surface area contributed by atoms with Crippen molar-refractivity contribution in [3.8, 4) is 0 Å². The van der Waals surface area contributed by atoms with Gasteiger partial charge in [-0.05, 0) is 54.8 Å². The number of imide groups is 1. The summed E-state index contributed by atoms with van der Waals surface area (Å²) in [5, 5.41) is 2.99. The third kappa shape index (κ3) is 4.40. The maximum Gasteiger partial charge on any atom is 0.263 e. The number of hydrogen-bond acceptors (Lipinski definition) is 5. The van der Waals surface area contributed by atoms with Gasteiger partial charge in [0.05, 0.1) is 46.9 Å². The van der Waals surface area contributed by atoms with Crippen molar-refractivity contribution in [2.24, 2.45) is 5.92 Å². The largest absolute Gasteiger partial charge is 0.370 e. The molecule has 0 bridgehead atoms. The maximum atomic E-state index is 13.7. The second-order valence-electron chi connectivity index (χ2n) is 9.73. The van der Waals surface area contributed by atoms with E-state index in [2.05, 4.69) is 15.3 Å². The van der Waals surface area contributed by atoms with Crippen molar-refractivity contribution in [1.82, 2.24) is 20.2 Å². The highest BCUT2D eigenvalue weighted by atomic mass is 19.1. The van der Waals surface area contributed by atoms with E-state index in [9.17, 15) is 18.8 Å². The fourth-order valence-corrected chi connectivity index (χ4v) is 5.36. The molecule has 1 aromatic heterocycles. The summed E-state index contributed by atoms with van der Waals surface area (Å²) < 4.78 is 13.7. The van der Waals surface area contributed by atoms with Crippen LogP contribution in [0.3, 0.4) is 0 Å². The van der Waals surface area contributed by atoms with Crippen LogP contribution >= 0.6 is 0 Å². The van der Waals surface area contributed by atoms with E-state index < -0.39 is 17.6 Å². The highest BCUT2D eigenvalue weighted by molar-refractivity contribution is 6.23. The average molecular weight is 512 g/mol. The molecule has 4 aromatic rings. The molecule has 192 valence electrons. The third-order valence-electron chi connectivity index (χ3n) is 7.21. The number of imidazole rings is 1. The Morgan fingerprint density at radius 1 is 1.05 bits per heavy atom. The summed E-state index contributed by atoms with van der Waals surface area (Å²) in [5.74, 6) is -0.861. The first kappa shape index (κ1) is 23.8. The molecule has 6 rings (SSSR count). The number of hydrogen-bond donors (Lipinski definition) is 2. The van der Waals surface area contributed by atoms with Gasteiger partial charge in [0.15, 0.2) is 0 Å². The first-order valence-electron chi connectivity index (χ1n) is 12.7. The number of H-pyrrole nitrogens is 1. The molecule has 0 aliphatic carbocycles. The summed E-state index contributed by atoms with van der Waals surface area (Å²) in [6, 6.07) is 18.8. The highest BCUT2D eigenvalue weighted by Gasteiger charge is 2.39. The van der Waals surface area contributed by atoms with E-state index in [0.29, 0.717) is 47.8 Å². The van der Waals surface area contributed by atoms with Crippen molar-refractivity contribution in [3.05, 3.63) is 95.1 Å². The number of carbonyl (C=O) groups excluding carboxylic acids is 3. The Bertz CT molecular complexity index is 1530. The molecule has 3 heterocycles. The first-order chi connectivity index (χ1) is 18.5. The number of piperidine rings is 1. The van der Waals surface area contributed by atoms with E-state index in [1.165, 1.54) is 12.1 Å². The van der Waals surface area contributed by atoms with Crippen LogP contribution in [0.5, 0.6) is 0 Å². The van der Waals surface area contributed by atoms with Crippen molar-refractivity contribution in [3.63, 3.8) is 0 Å². The number of nitrogens with one attached hydrogen (secondary N) is 2. The fourth-order valence-electron chi connectivity index (χ4n) is 5.36. The van der Waals surface area contributed by atoms with Gasteiger partial charge < -0.3 is 15.2 Å². The zero-order valence-electron chi connectivity index (χ0n) is 20.6. The van der Waals surface area contributed by atoms with Crippen molar-refractivity contribution < 1.29 is 18.8 Å². The Morgan fingerprint density at radius 2 is 1.89 bits per heavy atom. The number of aromatic amines is 1. The molecule has 1 unspecified atom stereocenters. The molecular formula is C29H26FN5O3. The number of rotatable bonds is 6. The molecule has 3 aromatic carbocycles. The zero-order chi connectivity index (χ0) is 26.2. The Morgan fingerprint density at radius 3 is 2.74 bits per heavy atom. The average Bonchev–Trinajstić information content (AvgIpc) is 3.46. The first-order valence-corrected chi connectivity index (χ1v) is 12.7. The van der Waals surface area contributed by atoms with E-state index in [-0.39, 0.29) is 18.4 Å². The van der Waals surface area contributed by atoms with Crippen LogP contribution in [-0.2, 0) is 17.9 Å². The molecule has 1 fully saturated rings. The van der Waals surface area contributed by atoms with E-state index in [4.69, 9.17) is 0 Å². The van der Waals surface area contributed by atoms with Gasteiger partial charge in [0.1, 0.15) is 11.6 Å². The molecule has 2 aliphatic heterocycles. The van der Waals surface area contributed by atoms with Crippen molar-refractivity contribution in [1.29, 1.82) is 0 Å². The second-order valence-corrected chi connectivity index (χ2v) is 9.73. The van der Waals surface area contributed by atoms with Gasteiger partial charge in [-0.15, -0.1) is 0 Å². The van der Waals surface area contributed by atoms with Crippen LogP contribution in [0.4, 0.5) is 10.1 Å². The van der Waals surface area contributed by atoms with Gasteiger partial charge in [-0.25, -0.2) is 9.37 Å². The number of aromatic nitrogens is 2. The Hall–Kier alpha value is -4.53. The molecule has 9 heteroatoms. The van der Waals surface area contributed by atoms with Crippen LogP contribution < -0.4 is 10.2 Å². The Balaban J connectivity index is 1.16. The fraction of sp³-hybridized carbons (Fsp3) is 0.241. The molecule has 8 nitrogen and oxygen atoms in total. The van der Waals surface area contributed by atoms with Gasteiger partial charge in [-0.1, -0.05) is 30.3 Å². The van der Waals surface area contributed by atoms with Crippen molar-refractivity contribution >= 4 is 34.4 Å². The zero-order valence-corrected chi connectivity index (χ0v) is 20.6.